The van der Waals surface area contributed by atoms with Crippen LogP contribution in [0.15, 0.2) is 85.1 Å². The minimum atomic E-state index is -1.32. The number of hydrogen-bond donors (Lipinski definition) is 10. The first kappa shape index (κ1) is 47.1. The van der Waals surface area contributed by atoms with Crippen LogP contribution in [0.5, 0.6) is 0 Å². The molecule has 1 aliphatic heterocycles. The van der Waals surface area contributed by atoms with Crippen molar-refractivity contribution < 1.29 is 28.8 Å². The fourth-order valence-corrected chi connectivity index (χ4v) is 7.77. The zero-order valence-corrected chi connectivity index (χ0v) is 36.1. The number of rotatable bonds is 22. The molecule has 0 unspecified atom stereocenters. The number of carbonyl (C=O) groups excluding carboxylic acids is 6. The summed E-state index contributed by atoms with van der Waals surface area (Å²) >= 11 is 0. The van der Waals surface area contributed by atoms with Crippen molar-refractivity contribution in [2.45, 2.75) is 95.3 Å². The first-order valence-corrected chi connectivity index (χ1v) is 21.5. The van der Waals surface area contributed by atoms with Gasteiger partial charge in [0.1, 0.15) is 23.7 Å². The number of nitrogens with zero attached hydrogens (tertiary/aromatic N) is 1. The normalized spacial score (nSPS) is 14.7. The highest BCUT2D eigenvalue weighted by Crippen LogP contribution is 2.28. The third-order valence-electron chi connectivity index (χ3n) is 11.2. The van der Waals surface area contributed by atoms with Crippen molar-refractivity contribution in [2.24, 2.45) is 11.5 Å². The van der Waals surface area contributed by atoms with Crippen molar-refractivity contribution in [3.63, 3.8) is 0 Å². The van der Waals surface area contributed by atoms with Crippen LogP contribution in [0.1, 0.15) is 68.6 Å². The van der Waals surface area contributed by atoms with Crippen molar-refractivity contribution >= 4 is 58.0 Å². The Morgan fingerprint density at radius 2 is 1.48 bits per heavy atom. The number of unbranched alkanes of at least 4 members (excludes halogenated alkanes) is 1. The number of carbonyl (C=O) groups is 6. The third kappa shape index (κ3) is 13.8. The van der Waals surface area contributed by atoms with Crippen LogP contribution in [0.25, 0.3) is 10.9 Å². The second-order valence-electron chi connectivity index (χ2n) is 16.1. The zero-order valence-electron chi connectivity index (χ0n) is 36.1. The minimum absolute atomic E-state index is 0.0347. The van der Waals surface area contributed by atoms with E-state index in [1.54, 1.807) is 6.20 Å². The molecule has 3 aromatic carbocycles. The minimum Gasteiger partial charge on any atom is -0.371 e. The molecule has 17 nitrogen and oxygen atoms in total. The lowest BCUT2D eigenvalue weighted by Gasteiger charge is -2.42. The molecule has 17 heteroatoms. The monoisotopic (exact) mass is 863 g/mol. The Labute approximate surface area is 367 Å². The summed E-state index contributed by atoms with van der Waals surface area (Å²) in [5.74, 6) is -3.82. The lowest BCUT2D eigenvalue weighted by atomic mass is 9.85. The molecule has 1 aliphatic rings. The van der Waals surface area contributed by atoms with Gasteiger partial charge in [0.2, 0.25) is 35.4 Å². The number of guanidine groups is 1. The molecule has 0 bridgehead atoms. The lowest BCUT2D eigenvalue weighted by molar-refractivity contribution is -0.138. The molecule has 0 saturated carbocycles. The van der Waals surface area contributed by atoms with Gasteiger partial charge in [-0.25, -0.2) is 0 Å². The van der Waals surface area contributed by atoms with Gasteiger partial charge in [-0.3, -0.25) is 34.2 Å². The number of aromatic amines is 1. The van der Waals surface area contributed by atoms with E-state index in [1.807, 2.05) is 86.6 Å². The van der Waals surface area contributed by atoms with Crippen LogP contribution in [0.3, 0.4) is 0 Å². The Morgan fingerprint density at radius 1 is 0.794 bits per heavy atom. The molecule has 63 heavy (non-hydrogen) atoms. The molecule has 1 aromatic heterocycles. The van der Waals surface area contributed by atoms with Crippen LogP contribution in [0.4, 0.5) is 5.69 Å². The number of para-hydroxylation sites is 1. The van der Waals surface area contributed by atoms with Crippen molar-refractivity contribution in [1.29, 1.82) is 5.41 Å². The van der Waals surface area contributed by atoms with E-state index in [0.717, 1.165) is 39.7 Å². The summed E-state index contributed by atoms with van der Waals surface area (Å²) in [4.78, 5) is 87.4. The van der Waals surface area contributed by atoms with Gasteiger partial charge < -0.3 is 53.3 Å². The molecule has 336 valence electrons. The number of nitrogens with one attached hydrogen (secondary N) is 8. The van der Waals surface area contributed by atoms with Gasteiger partial charge in [0.25, 0.3) is 0 Å². The summed E-state index contributed by atoms with van der Waals surface area (Å²) in [5.41, 5.74) is 13.9. The van der Waals surface area contributed by atoms with Gasteiger partial charge in [-0.2, -0.15) is 0 Å². The molecule has 12 N–H and O–H groups in total. The zero-order chi connectivity index (χ0) is 45.4. The van der Waals surface area contributed by atoms with E-state index in [9.17, 15) is 28.8 Å². The van der Waals surface area contributed by atoms with Gasteiger partial charge in [0.15, 0.2) is 5.96 Å². The highest BCUT2D eigenvalue weighted by atomic mass is 16.2. The van der Waals surface area contributed by atoms with Crippen LogP contribution in [-0.2, 0) is 41.6 Å². The fraction of sp³-hybridized carbons (Fsp3) is 0.413. The SMILES string of the molecule is CCCCC(=O)NC1(C(=O)N[C@H](Cc2ccccc2)C(=O)N[C@@H](CCCNC(=N)N)C(=O)N[C@@H](Cc2c[nH]c3ccccc23)C(=O)NCC(N)=O)CCN(c2cccc(C)c2)CC1. The Balaban J connectivity index is 1.41. The van der Waals surface area contributed by atoms with Gasteiger partial charge in [0.05, 0.1) is 6.54 Å². The standard InChI is InChI=1S/C46H61N11O6/c1-3-4-19-40(59)56-46(20-23-57(24-21-46)33-15-10-12-30(2)25-33)44(63)55-37(26-31-13-6-5-7-14-31)43(62)53-36(18-11-22-50-45(48)49)42(61)54-38(41(60)52-29-39(47)58)27-32-28-51-35-17-9-8-16-34(32)35/h5-10,12-17,25,28,36-38,51H,3-4,11,18-24,26-27,29H2,1-2H3,(H2,47,58)(H,52,60)(H,53,62)(H,54,61)(H,55,63)(H,56,59)(H4,48,49,50)/t36-,37+,38-/m0/s1. The Bertz CT molecular complexity index is 2220. The average Bonchev–Trinajstić information content (AvgIpc) is 3.68. The molecule has 1 fully saturated rings. The molecule has 1 saturated heterocycles. The summed E-state index contributed by atoms with van der Waals surface area (Å²) in [5, 5.41) is 25.3. The van der Waals surface area contributed by atoms with Crippen LogP contribution < -0.4 is 48.3 Å². The number of aryl methyl sites for hydroxylation is 1. The third-order valence-corrected chi connectivity index (χ3v) is 11.2. The number of fused-ring (bicyclic) bond motifs is 1. The van der Waals surface area contributed by atoms with Gasteiger partial charge in [-0.15, -0.1) is 0 Å². The number of anilines is 1. The van der Waals surface area contributed by atoms with Crippen molar-refractivity contribution in [1.82, 2.24) is 36.9 Å². The quantitative estimate of drug-likeness (QED) is 0.0314. The first-order valence-electron chi connectivity index (χ1n) is 21.5. The molecule has 6 amide bonds. The number of H-pyrrole nitrogens is 1. The number of primary amides is 1. The Kier molecular flexibility index (Phi) is 17.1. The number of aromatic nitrogens is 1. The van der Waals surface area contributed by atoms with E-state index >= 15 is 0 Å². The maximum atomic E-state index is 14.7. The molecule has 0 radical (unpaired) electrons. The number of hydrogen-bond acceptors (Lipinski definition) is 8. The highest BCUT2D eigenvalue weighted by molar-refractivity contribution is 5.98. The second-order valence-corrected chi connectivity index (χ2v) is 16.1. The molecule has 2 heterocycles. The van der Waals surface area contributed by atoms with E-state index in [1.165, 1.54) is 0 Å². The smallest absolute Gasteiger partial charge is 0.246 e. The maximum absolute atomic E-state index is 14.7. The van der Waals surface area contributed by atoms with Crippen molar-refractivity contribution in [2.75, 3.05) is 31.1 Å². The topological polar surface area (TPSA) is 270 Å². The van der Waals surface area contributed by atoms with Crippen molar-refractivity contribution in [3.05, 3.63) is 102 Å². The molecular weight excluding hydrogens is 803 g/mol. The van der Waals surface area contributed by atoms with Crippen LogP contribution in [-0.4, -0.2) is 96.2 Å². The Hall–Kier alpha value is -6.91. The molecule has 0 spiro atoms. The van der Waals surface area contributed by atoms with Gasteiger partial charge in [-0.05, 0) is 73.9 Å². The predicted molar refractivity (Wildman–Crippen MR) is 242 cm³/mol. The Morgan fingerprint density at radius 3 is 2.17 bits per heavy atom. The van der Waals surface area contributed by atoms with E-state index in [2.05, 4.69) is 47.9 Å². The van der Waals surface area contributed by atoms with Gasteiger partial charge in [0, 0.05) is 61.7 Å². The summed E-state index contributed by atoms with van der Waals surface area (Å²) in [7, 11) is 0. The fourth-order valence-electron chi connectivity index (χ4n) is 7.77. The van der Waals surface area contributed by atoms with Gasteiger partial charge >= 0.3 is 0 Å². The van der Waals surface area contributed by atoms with Crippen LogP contribution in [0, 0.1) is 12.3 Å². The molecule has 3 atom stereocenters. The van der Waals surface area contributed by atoms with E-state index in [-0.39, 0.29) is 63.4 Å². The van der Waals surface area contributed by atoms with E-state index in [0.29, 0.717) is 19.5 Å². The summed E-state index contributed by atoms with van der Waals surface area (Å²) < 4.78 is 0. The maximum Gasteiger partial charge on any atom is 0.246 e. The number of nitrogens with two attached hydrogens (primary N) is 2. The molecule has 0 aliphatic carbocycles. The highest BCUT2D eigenvalue weighted by Gasteiger charge is 2.44. The summed E-state index contributed by atoms with van der Waals surface area (Å²) in [6.45, 7) is 4.70. The molecule has 5 rings (SSSR count). The number of benzene rings is 3. The molecule has 4 aromatic rings. The van der Waals surface area contributed by atoms with Gasteiger partial charge in [-0.1, -0.05) is 74.0 Å². The number of amides is 6. The first-order chi connectivity index (χ1) is 30.3. The summed E-state index contributed by atoms with van der Waals surface area (Å²) in [6.07, 6.45) is 4.44. The predicted octanol–water partition coefficient (Wildman–Crippen LogP) is 1.93. The second kappa shape index (κ2) is 22.8. The largest absolute Gasteiger partial charge is 0.371 e. The average molecular weight is 864 g/mol. The molecular formula is C46H61N11O6. The lowest BCUT2D eigenvalue weighted by Crippen LogP contribution is -2.66. The number of piperidine rings is 1. The van der Waals surface area contributed by atoms with Crippen LogP contribution >= 0.6 is 0 Å². The van der Waals surface area contributed by atoms with Crippen molar-refractivity contribution in [3.8, 4) is 0 Å². The van der Waals surface area contributed by atoms with E-state index in [4.69, 9.17) is 16.9 Å². The summed E-state index contributed by atoms with van der Waals surface area (Å²) in [6, 6.07) is 21.1. The van der Waals surface area contributed by atoms with Crippen LogP contribution in [0.2, 0.25) is 0 Å². The van der Waals surface area contributed by atoms with E-state index < -0.39 is 59.7 Å².